The molecule has 1 aromatic rings. The Morgan fingerprint density at radius 3 is 2.80 bits per heavy atom. The van der Waals surface area contributed by atoms with Crippen molar-refractivity contribution in [3.05, 3.63) is 39.9 Å². The van der Waals surface area contributed by atoms with Gasteiger partial charge in [-0.1, -0.05) is 19.1 Å². The molecule has 0 bridgehead atoms. The van der Waals surface area contributed by atoms with Gasteiger partial charge in [0.15, 0.2) is 0 Å². The van der Waals surface area contributed by atoms with Gasteiger partial charge in [-0.2, -0.15) is 0 Å². The number of likely N-dealkylation sites (N-methyl/N-ethyl adjacent to an activating group) is 1. The van der Waals surface area contributed by atoms with Gasteiger partial charge in [0.05, 0.1) is 4.92 Å². The lowest BCUT2D eigenvalue weighted by molar-refractivity contribution is -0.384. The molecular weight excluding hydrogens is 216 g/mol. The molecule has 0 fully saturated rings. The van der Waals surface area contributed by atoms with Crippen LogP contribution in [0, 0.1) is 10.1 Å². The fourth-order valence-corrected chi connectivity index (χ4v) is 1.24. The van der Waals surface area contributed by atoms with Gasteiger partial charge in [-0.3, -0.25) is 10.1 Å². The standard InChI is InChI=1S/C10H14N2O2.ClH/c1-2-11-7-6-9-4-3-5-10(8-9)12(13)14;/h3-5,8,11H,2,6-7H2,1H3;1H. The molecule has 0 saturated heterocycles. The summed E-state index contributed by atoms with van der Waals surface area (Å²) in [6, 6.07) is 6.76. The van der Waals surface area contributed by atoms with Crippen molar-refractivity contribution in [2.75, 3.05) is 13.1 Å². The van der Waals surface area contributed by atoms with E-state index in [0.29, 0.717) is 0 Å². The zero-order valence-corrected chi connectivity index (χ0v) is 9.42. The first-order chi connectivity index (χ1) is 6.74. The smallest absolute Gasteiger partial charge is 0.269 e. The first-order valence-corrected chi connectivity index (χ1v) is 4.68. The van der Waals surface area contributed by atoms with E-state index in [2.05, 4.69) is 5.32 Å². The molecule has 0 amide bonds. The Hall–Kier alpha value is -1.13. The summed E-state index contributed by atoms with van der Waals surface area (Å²) in [6.07, 6.45) is 0.829. The van der Waals surface area contributed by atoms with Gasteiger partial charge in [0.1, 0.15) is 0 Å². The number of nitro groups is 1. The molecule has 0 heterocycles. The van der Waals surface area contributed by atoms with Crippen molar-refractivity contribution >= 4 is 18.1 Å². The Kier molecular flexibility index (Phi) is 6.66. The minimum absolute atomic E-state index is 0. The number of nitrogens with zero attached hydrogens (tertiary/aromatic N) is 1. The predicted molar refractivity (Wildman–Crippen MR) is 62.6 cm³/mol. The topological polar surface area (TPSA) is 55.2 Å². The number of nitrogens with one attached hydrogen (secondary N) is 1. The number of hydrogen-bond donors (Lipinski definition) is 1. The summed E-state index contributed by atoms with van der Waals surface area (Å²) in [5.74, 6) is 0. The number of hydrogen-bond acceptors (Lipinski definition) is 3. The molecule has 0 atom stereocenters. The number of nitro benzene ring substituents is 1. The van der Waals surface area contributed by atoms with Gasteiger partial charge in [-0.05, 0) is 25.1 Å². The van der Waals surface area contributed by atoms with Crippen LogP contribution < -0.4 is 5.32 Å². The second-order valence-electron chi connectivity index (χ2n) is 3.03. The van der Waals surface area contributed by atoms with Crippen LogP contribution in [0.2, 0.25) is 0 Å². The highest BCUT2D eigenvalue weighted by molar-refractivity contribution is 5.85. The van der Waals surface area contributed by atoms with Gasteiger partial charge >= 0.3 is 0 Å². The molecule has 1 rings (SSSR count). The third-order valence-electron chi connectivity index (χ3n) is 1.96. The highest BCUT2D eigenvalue weighted by Crippen LogP contribution is 2.12. The molecule has 0 unspecified atom stereocenters. The normalized spacial score (nSPS) is 9.40. The second kappa shape index (κ2) is 7.20. The Morgan fingerprint density at radius 1 is 1.47 bits per heavy atom. The molecule has 0 aliphatic rings. The summed E-state index contributed by atoms with van der Waals surface area (Å²) in [5, 5.41) is 13.6. The van der Waals surface area contributed by atoms with Crippen LogP contribution in [0.1, 0.15) is 12.5 Å². The Bertz CT molecular complexity index is 318. The van der Waals surface area contributed by atoms with E-state index in [1.54, 1.807) is 12.1 Å². The van der Waals surface area contributed by atoms with E-state index in [0.717, 1.165) is 25.1 Å². The van der Waals surface area contributed by atoms with Gasteiger partial charge in [-0.25, -0.2) is 0 Å². The first-order valence-electron chi connectivity index (χ1n) is 4.68. The number of halogens is 1. The van der Waals surface area contributed by atoms with Crippen LogP contribution in [-0.4, -0.2) is 18.0 Å². The van der Waals surface area contributed by atoms with Crippen LogP contribution in [-0.2, 0) is 6.42 Å². The number of non-ortho nitro benzene ring substituents is 1. The summed E-state index contributed by atoms with van der Waals surface area (Å²) in [4.78, 5) is 10.1. The third kappa shape index (κ3) is 4.76. The zero-order valence-electron chi connectivity index (χ0n) is 8.60. The molecule has 1 N–H and O–H groups in total. The molecule has 1 aromatic carbocycles. The van der Waals surface area contributed by atoms with Crippen LogP contribution in [0.15, 0.2) is 24.3 Å². The van der Waals surface area contributed by atoms with Crippen molar-refractivity contribution in [1.82, 2.24) is 5.32 Å². The molecule has 5 heteroatoms. The zero-order chi connectivity index (χ0) is 10.4. The molecule has 84 valence electrons. The van der Waals surface area contributed by atoms with Crippen molar-refractivity contribution in [3.8, 4) is 0 Å². The van der Waals surface area contributed by atoms with Gasteiger partial charge < -0.3 is 5.32 Å². The lowest BCUT2D eigenvalue weighted by atomic mass is 10.1. The van der Waals surface area contributed by atoms with Crippen molar-refractivity contribution in [3.63, 3.8) is 0 Å². The average molecular weight is 231 g/mol. The van der Waals surface area contributed by atoms with Crippen molar-refractivity contribution in [2.24, 2.45) is 0 Å². The van der Waals surface area contributed by atoms with E-state index < -0.39 is 0 Å². The fraction of sp³-hybridized carbons (Fsp3) is 0.400. The maximum absolute atomic E-state index is 10.5. The third-order valence-corrected chi connectivity index (χ3v) is 1.96. The van der Waals surface area contributed by atoms with Crippen LogP contribution in [0.3, 0.4) is 0 Å². The Balaban J connectivity index is 0.00000196. The van der Waals surface area contributed by atoms with Crippen LogP contribution in [0.25, 0.3) is 0 Å². The number of rotatable bonds is 5. The van der Waals surface area contributed by atoms with Gasteiger partial charge in [0.25, 0.3) is 5.69 Å². The van der Waals surface area contributed by atoms with Crippen LogP contribution >= 0.6 is 12.4 Å². The van der Waals surface area contributed by atoms with Gasteiger partial charge in [0, 0.05) is 12.1 Å². The molecule has 0 aliphatic carbocycles. The lowest BCUT2D eigenvalue weighted by Gasteiger charge is -2.01. The van der Waals surface area contributed by atoms with E-state index in [1.807, 2.05) is 13.0 Å². The van der Waals surface area contributed by atoms with E-state index in [-0.39, 0.29) is 23.0 Å². The maximum atomic E-state index is 10.5. The first kappa shape index (κ1) is 13.9. The van der Waals surface area contributed by atoms with E-state index >= 15 is 0 Å². The van der Waals surface area contributed by atoms with Gasteiger partial charge in [-0.15, -0.1) is 12.4 Å². The summed E-state index contributed by atoms with van der Waals surface area (Å²) < 4.78 is 0. The molecule has 0 aliphatic heterocycles. The fourth-order valence-electron chi connectivity index (χ4n) is 1.24. The SMILES string of the molecule is CCNCCc1cccc([N+](=O)[O-])c1.Cl. The van der Waals surface area contributed by atoms with E-state index in [4.69, 9.17) is 0 Å². The highest BCUT2D eigenvalue weighted by atomic mass is 35.5. The van der Waals surface area contributed by atoms with Crippen molar-refractivity contribution in [2.45, 2.75) is 13.3 Å². The summed E-state index contributed by atoms with van der Waals surface area (Å²) >= 11 is 0. The van der Waals surface area contributed by atoms with E-state index in [9.17, 15) is 10.1 Å². The largest absolute Gasteiger partial charge is 0.317 e. The highest BCUT2D eigenvalue weighted by Gasteiger charge is 2.04. The summed E-state index contributed by atoms with van der Waals surface area (Å²) in [6.45, 7) is 3.82. The molecule has 0 radical (unpaired) electrons. The quantitative estimate of drug-likeness (QED) is 0.479. The predicted octanol–water partition coefficient (Wildman–Crippen LogP) is 2.17. The van der Waals surface area contributed by atoms with E-state index in [1.165, 1.54) is 6.07 Å². The molecule has 0 aromatic heterocycles. The number of benzene rings is 1. The average Bonchev–Trinajstić information content (AvgIpc) is 2.19. The molecule has 4 nitrogen and oxygen atoms in total. The molecular formula is C10H15ClN2O2. The monoisotopic (exact) mass is 230 g/mol. The second-order valence-corrected chi connectivity index (χ2v) is 3.03. The molecule has 0 spiro atoms. The lowest BCUT2D eigenvalue weighted by Crippen LogP contribution is -2.16. The minimum atomic E-state index is -0.364. The minimum Gasteiger partial charge on any atom is -0.317 e. The Labute approximate surface area is 95.2 Å². The molecule has 0 saturated carbocycles. The van der Waals surface area contributed by atoms with Gasteiger partial charge in [0.2, 0.25) is 0 Å². The summed E-state index contributed by atoms with van der Waals surface area (Å²) in [5.41, 5.74) is 1.17. The Morgan fingerprint density at radius 2 is 2.20 bits per heavy atom. The van der Waals surface area contributed by atoms with Crippen LogP contribution in [0.4, 0.5) is 5.69 Å². The van der Waals surface area contributed by atoms with Crippen molar-refractivity contribution in [1.29, 1.82) is 0 Å². The van der Waals surface area contributed by atoms with Crippen molar-refractivity contribution < 1.29 is 4.92 Å². The maximum Gasteiger partial charge on any atom is 0.269 e. The van der Waals surface area contributed by atoms with Crippen LogP contribution in [0.5, 0.6) is 0 Å². The molecule has 15 heavy (non-hydrogen) atoms. The summed E-state index contributed by atoms with van der Waals surface area (Å²) in [7, 11) is 0.